The predicted molar refractivity (Wildman–Crippen MR) is 139 cm³/mol. The van der Waals surface area contributed by atoms with Crippen molar-refractivity contribution < 1.29 is 9.59 Å². The fraction of sp³-hybridized carbons (Fsp3) is 0.222. The number of Topliss-reactive ketones (excluding diaryl/α,β-unsaturated/α-hetero) is 1. The van der Waals surface area contributed by atoms with Crippen molar-refractivity contribution in [3.8, 4) is 17.1 Å². The van der Waals surface area contributed by atoms with Crippen molar-refractivity contribution in [2.24, 2.45) is 5.92 Å². The van der Waals surface area contributed by atoms with Gasteiger partial charge < -0.3 is 5.32 Å². The largest absolute Gasteiger partial charge is 0.326 e. The Bertz CT molecular complexity index is 1330. The van der Waals surface area contributed by atoms with Crippen LogP contribution in [0.2, 0.25) is 0 Å². The quantitative estimate of drug-likeness (QED) is 0.258. The van der Waals surface area contributed by atoms with Crippen molar-refractivity contribution >= 4 is 29.1 Å². The SMILES string of the molecule is Cc1ccccc1-n1c(SC(C)C(=O)c2ccc(NC(=O)C(C)C)cc2)nnc1-c1ccncc1. The molecule has 4 aromatic rings. The number of hydrogen-bond donors (Lipinski definition) is 1. The Kier molecular flexibility index (Phi) is 7.41. The molecule has 0 fully saturated rings. The van der Waals surface area contributed by atoms with Crippen LogP contribution >= 0.6 is 11.8 Å². The second-order valence-electron chi connectivity index (χ2n) is 8.51. The van der Waals surface area contributed by atoms with E-state index in [0.29, 0.717) is 22.2 Å². The van der Waals surface area contributed by atoms with Gasteiger partial charge in [0, 0.05) is 35.1 Å². The van der Waals surface area contributed by atoms with E-state index >= 15 is 0 Å². The van der Waals surface area contributed by atoms with Gasteiger partial charge in [0.2, 0.25) is 5.91 Å². The smallest absolute Gasteiger partial charge is 0.226 e. The summed E-state index contributed by atoms with van der Waals surface area (Å²) in [5, 5.41) is 12.0. The van der Waals surface area contributed by atoms with Crippen LogP contribution in [-0.4, -0.2) is 36.7 Å². The number of aromatic nitrogens is 4. The van der Waals surface area contributed by atoms with Gasteiger partial charge in [0.15, 0.2) is 16.8 Å². The summed E-state index contributed by atoms with van der Waals surface area (Å²) in [6.45, 7) is 7.57. The minimum Gasteiger partial charge on any atom is -0.326 e. The highest BCUT2D eigenvalue weighted by Crippen LogP contribution is 2.32. The Labute approximate surface area is 209 Å². The maximum Gasteiger partial charge on any atom is 0.226 e. The summed E-state index contributed by atoms with van der Waals surface area (Å²) in [5.41, 5.74) is 4.16. The van der Waals surface area contributed by atoms with Crippen LogP contribution < -0.4 is 5.32 Å². The van der Waals surface area contributed by atoms with Crippen molar-refractivity contribution in [2.75, 3.05) is 5.32 Å². The minimum atomic E-state index is -0.400. The zero-order valence-corrected chi connectivity index (χ0v) is 20.9. The molecule has 178 valence electrons. The average molecular weight is 486 g/mol. The van der Waals surface area contributed by atoms with Gasteiger partial charge in [-0.15, -0.1) is 10.2 Å². The Morgan fingerprint density at radius 2 is 1.60 bits per heavy atom. The van der Waals surface area contributed by atoms with Crippen LogP contribution in [0, 0.1) is 12.8 Å². The number of para-hydroxylation sites is 1. The summed E-state index contributed by atoms with van der Waals surface area (Å²) in [6.07, 6.45) is 3.44. The highest BCUT2D eigenvalue weighted by atomic mass is 32.2. The van der Waals surface area contributed by atoms with E-state index in [-0.39, 0.29) is 17.6 Å². The lowest BCUT2D eigenvalue weighted by Gasteiger charge is -2.15. The lowest BCUT2D eigenvalue weighted by atomic mass is 10.1. The highest BCUT2D eigenvalue weighted by molar-refractivity contribution is 8.00. The lowest BCUT2D eigenvalue weighted by Crippen LogP contribution is -2.18. The third-order valence-corrected chi connectivity index (χ3v) is 6.58. The van der Waals surface area contributed by atoms with Crippen molar-refractivity contribution in [3.05, 3.63) is 84.2 Å². The summed E-state index contributed by atoms with van der Waals surface area (Å²) < 4.78 is 1.99. The monoisotopic (exact) mass is 485 g/mol. The Balaban J connectivity index is 1.60. The molecule has 2 heterocycles. The van der Waals surface area contributed by atoms with Gasteiger partial charge in [-0.3, -0.25) is 19.1 Å². The van der Waals surface area contributed by atoms with Crippen LogP contribution in [0.15, 0.2) is 78.2 Å². The molecular weight excluding hydrogens is 458 g/mol. The maximum atomic E-state index is 13.2. The first-order valence-corrected chi connectivity index (χ1v) is 12.3. The molecule has 4 rings (SSSR count). The molecule has 0 aliphatic heterocycles. The van der Waals surface area contributed by atoms with E-state index in [1.165, 1.54) is 11.8 Å². The second kappa shape index (κ2) is 10.7. The summed E-state index contributed by atoms with van der Waals surface area (Å²) in [6, 6.07) is 18.8. The Morgan fingerprint density at radius 1 is 0.914 bits per heavy atom. The molecular formula is C27H27N5O2S. The summed E-state index contributed by atoms with van der Waals surface area (Å²) in [4.78, 5) is 29.2. The van der Waals surface area contributed by atoms with Gasteiger partial charge in [0.25, 0.3) is 0 Å². The number of carbonyl (C=O) groups excluding carboxylic acids is 2. The number of amides is 1. The van der Waals surface area contributed by atoms with Crippen LogP contribution in [0.3, 0.4) is 0 Å². The van der Waals surface area contributed by atoms with E-state index in [0.717, 1.165) is 16.8 Å². The van der Waals surface area contributed by atoms with Gasteiger partial charge in [-0.25, -0.2) is 0 Å². The Morgan fingerprint density at radius 3 is 2.26 bits per heavy atom. The number of nitrogens with one attached hydrogen (secondary N) is 1. The molecule has 0 bridgehead atoms. The number of ketones is 1. The van der Waals surface area contributed by atoms with Crippen molar-refractivity contribution in [3.63, 3.8) is 0 Å². The van der Waals surface area contributed by atoms with E-state index in [1.807, 2.05) is 68.7 Å². The second-order valence-corrected chi connectivity index (χ2v) is 9.82. The topological polar surface area (TPSA) is 89.8 Å². The van der Waals surface area contributed by atoms with E-state index in [9.17, 15) is 9.59 Å². The minimum absolute atomic E-state index is 0.0264. The van der Waals surface area contributed by atoms with E-state index in [4.69, 9.17) is 0 Å². The van der Waals surface area contributed by atoms with Gasteiger partial charge in [-0.1, -0.05) is 43.8 Å². The predicted octanol–water partition coefficient (Wildman–Crippen LogP) is 5.60. The molecule has 1 N–H and O–H groups in total. The zero-order chi connectivity index (χ0) is 24.9. The molecule has 0 aliphatic rings. The number of thioether (sulfide) groups is 1. The molecule has 1 unspecified atom stereocenters. The molecule has 0 radical (unpaired) electrons. The van der Waals surface area contributed by atoms with Gasteiger partial charge in [-0.05, 0) is 61.9 Å². The first-order chi connectivity index (χ1) is 16.8. The van der Waals surface area contributed by atoms with Gasteiger partial charge in [0.1, 0.15) is 0 Å². The normalized spacial score (nSPS) is 11.9. The van der Waals surface area contributed by atoms with Crippen LogP contribution in [0.1, 0.15) is 36.7 Å². The third-order valence-electron chi connectivity index (χ3n) is 5.54. The lowest BCUT2D eigenvalue weighted by molar-refractivity contribution is -0.118. The molecule has 1 atom stereocenters. The Hall–Kier alpha value is -3.78. The van der Waals surface area contributed by atoms with Crippen molar-refractivity contribution in [1.29, 1.82) is 0 Å². The van der Waals surface area contributed by atoms with Gasteiger partial charge >= 0.3 is 0 Å². The fourth-order valence-electron chi connectivity index (χ4n) is 3.52. The van der Waals surface area contributed by atoms with Crippen LogP contribution in [0.5, 0.6) is 0 Å². The number of hydrogen-bond acceptors (Lipinski definition) is 6. The number of rotatable bonds is 8. The third kappa shape index (κ3) is 5.49. The zero-order valence-electron chi connectivity index (χ0n) is 20.1. The van der Waals surface area contributed by atoms with Crippen molar-refractivity contribution in [1.82, 2.24) is 19.7 Å². The van der Waals surface area contributed by atoms with Crippen LogP contribution in [-0.2, 0) is 4.79 Å². The fourth-order valence-corrected chi connectivity index (χ4v) is 4.45. The van der Waals surface area contributed by atoms with E-state index < -0.39 is 5.25 Å². The summed E-state index contributed by atoms with van der Waals surface area (Å²) in [7, 11) is 0. The highest BCUT2D eigenvalue weighted by Gasteiger charge is 2.23. The van der Waals surface area contributed by atoms with Crippen molar-refractivity contribution in [2.45, 2.75) is 38.1 Å². The number of nitrogens with zero attached hydrogens (tertiary/aromatic N) is 4. The standard InChI is InChI=1S/C27H27N5O2S/c1-17(2)26(34)29-22-11-9-20(10-12-22)24(33)19(4)35-27-31-30-25(21-13-15-28-16-14-21)32(27)23-8-6-5-7-18(23)3/h5-17,19H,1-4H3,(H,29,34). The summed E-state index contributed by atoms with van der Waals surface area (Å²) in [5.74, 6) is 0.486. The molecule has 0 spiro atoms. The molecule has 8 heteroatoms. The molecule has 35 heavy (non-hydrogen) atoms. The number of pyridine rings is 1. The van der Waals surface area contributed by atoms with E-state index in [2.05, 4.69) is 20.5 Å². The van der Waals surface area contributed by atoms with Gasteiger partial charge in [-0.2, -0.15) is 0 Å². The summed E-state index contributed by atoms with van der Waals surface area (Å²) >= 11 is 1.37. The number of aryl methyl sites for hydroxylation is 1. The van der Waals surface area contributed by atoms with E-state index in [1.54, 1.807) is 36.7 Å². The average Bonchev–Trinajstić information content (AvgIpc) is 3.28. The molecule has 7 nitrogen and oxygen atoms in total. The molecule has 2 aromatic heterocycles. The van der Waals surface area contributed by atoms with Crippen LogP contribution in [0.25, 0.3) is 17.1 Å². The first-order valence-electron chi connectivity index (χ1n) is 11.4. The maximum absolute atomic E-state index is 13.2. The molecule has 0 aliphatic carbocycles. The molecule has 2 aromatic carbocycles. The number of anilines is 1. The molecule has 1 amide bonds. The number of benzene rings is 2. The molecule has 0 saturated heterocycles. The van der Waals surface area contributed by atoms with Crippen LogP contribution in [0.4, 0.5) is 5.69 Å². The number of carbonyl (C=O) groups is 2. The first kappa shape index (κ1) is 24.3. The molecule has 0 saturated carbocycles. The van der Waals surface area contributed by atoms with Gasteiger partial charge in [0.05, 0.1) is 10.9 Å².